The van der Waals surface area contributed by atoms with Gasteiger partial charge < -0.3 is 14.9 Å². The molecular formula is C10H9N3O3. The molecule has 2 N–H and O–H groups in total. The van der Waals surface area contributed by atoms with Crippen LogP contribution in [-0.2, 0) is 4.74 Å². The first-order valence-corrected chi connectivity index (χ1v) is 4.47. The van der Waals surface area contributed by atoms with E-state index in [0.717, 1.165) is 0 Å². The van der Waals surface area contributed by atoms with Crippen molar-refractivity contribution in [3.8, 4) is 11.5 Å². The molecule has 6 nitrogen and oxygen atoms in total. The molecule has 0 aliphatic rings. The number of furan rings is 1. The van der Waals surface area contributed by atoms with Gasteiger partial charge >= 0.3 is 5.97 Å². The summed E-state index contributed by atoms with van der Waals surface area (Å²) in [6.07, 6.45) is 2.94. The maximum absolute atomic E-state index is 11.3. The summed E-state index contributed by atoms with van der Waals surface area (Å²) in [6, 6.07) is 3.42. The molecule has 0 fully saturated rings. The van der Waals surface area contributed by atoms with Gasteiger partial charge in [0.2, 0.25) is 0 Å². The van der Waals surface area contributed by atoms with Gasteiger partial charge in [-0.1, -0.05) is 0 Å². The average Bonchev–Trinajstić information content (AvgIpc) is 2.82. The Labute approximate surface area is 91.1 Å². The molecule has 2 heterocycles. The van der Waals surface area contributed by atoms with Crippen LogP contribution in [0.1, 0.15) is 10.5 Å². The van der Waals surface area contributed by atoms with E-state index in [9.17, 15) is 4.79 Å². The van der Waals surface area contributed by atoms with Crippen LogP contribution in [0.4, 0.5) is 5.82 Å². The third-order valence-electron chi connectivity index (χ3n) is 1.95. The monoisotopic (exact) mass is 219 g/mol. The van der Waals surface area contributed by atoms with E-state index in [4.69, 9.17) is 10.2 Å². The highest BCUT2D eigenvalue weighted by molar-refractivity contribution is 5.92. The summed E-state index contributed by atoms with van der Waals surface area (Å²) >= 11 is 0. The first-order valence-electron chi connectivity index (χ1n) is 4.47. The van der Waals surface area contributed by atoms with Crippen LogP contribution in [0.25, 0.3) is 11.5 Å². The van der Waals surface area contributed by atoms with Gasteiger partial charge in [-0.25, -0.2) is 14.8 Å². The Morgan fingerprint density at radius 1 is 1.56 bits per heavy atom. The van der Waals surface area contributed by atoms with Gasteiger partial charge in [0.1, 0.15) is 5.69 Å². The molecule has 0 aromatic carbocycles. The molecule has 2 aromatic rings. The minimum Gasteiger partial charge on any atom is -0.464 e. The molecule has 0 atom stereocenters. The fourth-order valence-corrected chi connectivity index (χ4v) is 1.19. The topological polar surface area (TPSA) is 91.2 Å². The number of methoxy groups -OCH3 is 1. The van der Waals surface area contributed by atoms with Gasteiger partial charge in [-0.3, -0.25) is 0 Å². The number of aromatic nitrogens is 2. The molecular weight excluding hydrogens is 210 g/mol. The number of carbonyl (C=O) groups excluding carboxylic acids is 1. The van der Waals surface area contributed by atoms with Gasteiger partial charge in [-0.2, -0.15) is 0 Å². The summed E-state index contributed by atoms with van der Waals surface area (Å²) in [6.45, 7) is 0. The molecule has 82 valence electrons. The summed E-state index contributed by atoms with van der Waals surface area (Å²) in [7, 11) is 1.25. The Hall–Kier alpha value is -2.37. The van der Waals surface area contributed by atoms with Gasteiger partial charge in [0.25, 0.3) is 0 Å². The van der Waals surface area contributed by atoms with Gasteiger partial charge in [-0.05, 0) is 12.1 Å². The average molecular weight is 219 g/mol. The lowest BCUT2D eigenvalue weighted by molar-refractivity contribution is 0.0595. The largest absolute Gasteiger partial charge is 0.464 e. The van der Waals surface area contributed by atoms with Crippen molar-refractivity contribution < 1.29 is 13.9 Å². The second-order valence-electron chi connectivity index (χ2n) is 2.96. The molecule has 6 heteroatoms. The van der Waals surface area contributed by atoms with Crippen LogP contribution in [0.5, 0.6) is 0 Å². The number of nitrogens with two attached hydrogens (primary N) is 1. The van der Waals surface area contributed by atoms with E-state index in [-0.39, 0.29) is 11.5 Å². The van der Waals surface area contributed by atoms with Crippen LogP contribution in [0.2, 0.25) is 0 Å². The van der Waals surface area contributed by atoms with Gasteiger partial charge in [0.05, 0.1) is 19.6 Å². The van der Waals surface area contributed by atoms with E-state index < -0.39 is 5.97 Å². The minimum absolute atomic E-state index is 0.0172. The predicted octanol–water partition coefficient (Wildman–Crippen LogP) is 1.11. The summed E-state index contributed by atoms with van der Waals surface area (Å²) in [4.78, 5) is 19.2. The Morgan fingerprint density at radius 2 is 2.38 bits per heavy atom. The Morgan fingerprint density at radius 3 is 3.00 bits per heavy atom. The number of nitrogen functional groups attached to an aromatic ring is 1. The third-order valence-corrected chi connectivity index (χ3v) is 1.95. The number of hydrogen-bond donors (Lipinski definition) is 1. The molecule has 0 unspecified atom stereocenters. The number of nitrogens with zero attached hydrogens (tertiary/aromatic N) is 2. The Kier molecular flexibility index (Phi) is 2.55. The first-order chi connectivity index (χ1) is 7.72. The molecule has 0 saturated heterocycles. The maximum atomic E-state index is 11.3. The quantitative estimate of drug-likeness (QED) is 0.760. The molecule has 0 aliphatic heterocycles. The van der Waals surface area contributed by atoms with Crippen LogP contribution < -0.4 is 5.73 Å². The summed E-state index contributed by atoms with van der Waals surface area (Å²) in [5.74, 6) is -0.0850. The summed E-state index contributed by atoms with van der Waals surface area (Å²) < 4.78 is 9.67. The minimum atomic E-state index is -0.626. The van der Waals surface area contributed by atoms with Crippen LogP contribution in [0.15, 0.2) is 29.0 Å². The van der Waals surface area contributed by atoms with Crippen molar-refractivity contribution in [1.29, 1.82) is 0 Å². The number of carbonyl (C=O) groups is 1. The lowest BCUT2D eigenvalue weighted by atomic mass is 10.3. The Balaban J connectivity index is 2.47. The molecule has 0 bridgehead atoms. The van der Waals surface area contributed by atoms with E-state index in [0.29, 0.717) is 11.5 Å². The molecule has 0 amide bonds. The van der Waals surface area contributed by atoms with Crippen LogP contribution in [0, 0.1) is 0 Å². The highest BCUT2D eigenvalue weighted by Crippen LogP contribution is 2.18. The van der Waals surface area contributed by atoms with E-state index in [1.54, 1.807) is 12.1 Å². The van der Waals surface area contributed by atoms with Crippen LogP contribution in [0.3, 0.4) is 0 Å². The van der Waals surface area contributed by atoms with Crippen molar-refractivity contribution in [3.63, 3.8) is 0 Å². The SMILES string of the molecule is COC(=O)c1nc(-c2ccco2)cnc1N. The smallest absolute Gasteiger partial charge is 0.360 e. The molecule has 16 heavy (non-hydrogen) atoms. The number of anilines is 1. The van der Waals surface area contributed by atoms with Crippen molar-refractivity contribution >= 4 is 11.8 Å². The van der Waals surface area contributed by atoms with Crippen LogP contribution >= 0.6 is 0 Å². The van der Waals surface area contributed by atoms with Gasteiger partial charge in [-0.15, -0.1) is 0 Å². The normalized spacial score (nSPS) is 10.1. The van der Waals surface area contributed by atoms with Crippen molar-refractivity contribution in [3.05, 3.63) is 30.3 Å². The van der Waals surface area contributed by atoms with Gasteiger partial charge in [0, 0.05) is 0 Å². The summed E-state index contributed by atoms with van der Waals surface area (Å²) in [5.41, 5.74) is 5.93. The molecule has 2 rings (SSSR count). The Bertz CT molecular complexity index is 508. The lowest BCUT2D eigenvalue weighted by Crippen LogP contribution is -2.10. The highest BCUT2D eigenvalue weighted by atomic mass is 16.5. The second-order valence-corrected chi connectivity index (χ2v) is 2.96. The lowest BCUT2D eigenvalue weighted by Gasteiger charge is -2.03. The zero-order valence-electron chi connectivity index (χ0n) is 8.51. The van der Waals surface area contributed by atoms with E-state index in [2.05, 4.69) is 14.7 Å². The fraction of sp³-hybridized carbons (Fsp3) is 0.100. The zero-order chi connectivity index (χ0) is 11.5. The number of rotatable bonds is 2. The van der Waals surface area contributed by atoms with Crippen molar-refractivity contribution in [2.24, 2.45) is 0 Å². The molecule has 0 saturated carbocycles. The summed E-state index contributed by atoms with van der Waals surface area (Å²) in [5, 5.41) is 0. The molecule has 2 aromatic heterocycles. The van der Waals surface area contributed by atoms with E-state index in [1.165, 1.54) is 19.6 Å². The number of ether oxygens (including phenoxy) is 1. The maximum Gasteiger partial charge on any atom is 0.360 e. The van der Waals surface area contributed by atoms with Crippen molar-refractivity contribution in [1.82, 2.24) is 9.97 Å². The van der Waals surface area contributed by atoms with E-state index in [1.807, 2.05) is 0 Å². The molecule has 0 aliphatic carbocycles. The van der Waals surface area contributed by atoms with E-state index >= 15 is 0 Å². The predicted molar refractivity (Wildman–Crippen MR) is 55.5 cm³/mol. The first kappa shape index (κ1) is 10.2. The molecule has 0 spiro atoms. The number of hydrogen-bond acceptors (Lipinski definition) is 6. The standard InChI is InChI=1S/C10H9N3O3/c1-15-10(14)8-9(11)12-5-6(13-8)7-3-2-4-16-7/h2-5H,1H3,(H2,11,12). The van der Waals surface area contributed by atoms with Crippen molar-refractivity contribution in [2.45, 2.75) is 0 Å². The fourth-order valence-electron chi connectivity index (χ4n) is 1.19. The second kappa shape index (κ2) is 4.01. The van der Waals surface area contributed by atoms with Crippen molar-refractivity contribution in [2.75, 3.05) is 12.8 Å². The van der Waals surface area contributed by atoms with Crippen LogP contribution in [-0.4, -0.2) is 23.0 Å². The molecule has 0 radical (unpaired) electrons. The third kappa shape index (κ3) is 1.72. The highest BCUT2D eigenvalue weighted by Gasteiger charge is 2.15. The van der Waals surface area contributed by atoms with Gasteiger partial charge in [0.15, 0.2) is 17.3 Å². The zero-order valence-corrected chi connectivity index (χ0v) is 8.51. The number of esters is 1.